The Morgan fingerprint density at radius 3 is 2.68 bits per heavy atom. The Kier molecular flexibility index (Phi) is 7.32. The fourth-order valence-electron chi connectivity index (χ4n) is 1.97. The predicted molar refractivity (Wildman–Crippen MR) is 84.7 cm³/mol. The number of amides is 1. The van der Waals surface area contributed by atoms with Crippen LogP contribution in [0.4, 0.5) is 0 Å². The van der Waals surface area contributed by atoms with E-state index in [-0.39, 0.29) is 12.3 Å². The van der Waals surface area contributed by atoms with E-state index in [1.165, 1.54) is 0 Å². The number of carbonyl (C=O) groups excluding carboxylic acids is 1. The molecule has 0 aliphatic rings. The SMILES string of the molecule is C=CCOCCCC(=O)NC(C(=O)O)c1ccc(C)c(C)c1. The summed E-state index contributed by atoms with van der Waals surface area (Å²) in [6.07, 6.45) is 2.41. The standard InChI is InChI=1S/C17H23NO4/c1-4-9-22-10-5-6-15(19)18-16(17(20)21)14-8-7-12(2)13(3)11-14/h4,7-8,11,16H,1,5-6,9-10H2,2-3H3,(H,18,19)(H,20,21). The van der Waals surface area contributed by atoms with Crippen LogP contribution in [-0.2, 0) is 14.3 Å². The van der Waals surface area contributed by atoms with Crippen LogP contribution in [0.15, 0.2) is 30.9 Å². The van der Waals surface area contributed by atoms with Crippen LogP contribution in [0.3, 0.4) is 0 Å². The highest BCUT2D eigenvalue weighted by Gasteiger charge is 2.22. The number of benzene rings is 1. The first kappa shape index (κ1) is 17.9. The fourth-order valence-corrected chi connectivity index (χ4v) is 1.97. The number of rotatable bonds is 9. The molecule has 0 aliphatic heterocycles. The highest BCUT2D eigenvalue weighted by atomic mass is 16.5. The first-order chi connectivity index (χ1) is 10.5. The zero-order valence-corrected chi connectivity index (χ0v) is 13.1. The molecule has 0 aromatic heterocycles. The van der Waals surface area contributed by atoms with Crippen LogP contribution in [0, 0.1) is 13.8 Å². The number of aliphatic carboxylic acids is 1. The molecule has 1 aromatic rings. The van der Waals surface area contributed by atoms with Crippen molar-refractivity contribution in [3.05, 3.63) is 47.5 Å². The molecule has 0 bridgehead atoms. The Morgan fingerprint density at radius 2 is 2.09 bits per heavy atom. The van der Waals surface area contributed by atoms with Gasteiger partial charge in [-0.2, -0.15) is 0 Å². The van der Waals surface area contributed by atoms with Crippen molar-refractivity contribution in [2.45, 2.75) is 32.7 Å². The van der Waals surface area contributed by atoms with Crippen molar-refractivity contribution < 1.29 is 19.4 Å². The van der Waals surface area contributed by atoms with Gasteiger partial charge in [0.2, 0.25) is 5.91 Å². The second-order valence-corrected chi connectivity index (χ2v) is 5.15. The van der Waals surface area contributed by atoms with Gasteiger partial charge in [0.25, 0.3) is 0 Å². The van der Waals surface area contributed by atoms with Gasteiger partial charge in [0.15, 0.2) is 6.04 Å². The number of hydrogen-bond donors (Lipinski definition) is 2. The number of aryl methyl sites for hydroxylation is 2. The number of carboxylic acid groups (broad SMARTS) is 1. The third kappa shape index (κ3) is 5.69. The molecule has 0 fully saturated rings. The summed E-state index contributed by atoms with van der Waals surface area (Å²) >= 11 is 0. The van der Waals surface area contributed by atoms with E-state index in [1.54, 1.807) is 18.2 Å². The molecular weight excluding hydrogens is 282 g/mol. The molecule has 1 atom stereocenters. The molecule has 5 heteroatoms. The quantitative estimate of drug-likeness (QED) is 0.543. The lowest BCUT2D eigenvalue weighted by atomic mass is 10.0. The molecule has 1 rings (SSSR count). The maximum absolute atomic E-state index is 11.9. The molecule has 2 N–H and O–H groups in total. The highest BCUT2D eigenvalue weighted by Crippen LogP contribution is 2.17. The van der Waals surface area contributed by atoms with E-state index < -0.39 is 12.0 Å². The van der Waals surface area contributed by atoms with Crippen LogP contribution in [0.5, 0.6) is 0 Å². The summed E-state index contributed by atoms with van der Waals surface area (Å²) in [5.41, 5.74) is 2.65. The second-order valence-electron chi connectivity index (χ2n) is 5.15. The van der Waals surface area contributed by atoms with E-state index in [0.29, 0.717) is 25.2 Å². The third-order valence-corrected chi connectivity index (χ3v) is 3.34. The number of ether oxygens (including phenoxy) is 1. The van der Waals surface area contributed by atoms with E-state index in [4.69, 9.17) is 4.74 Å². The largest absolute Gasteiger partial charge is 0.479 e. The monoisotopic (exact) mass is 305 g/mol. The number of hydrogen-bond acceptors (Lipinski definition) is 3. The van der Waals surface area contributed by atoms with E-state index >= 15 is 0 Å². The summed E-state index contributed by atoms with van der Waals surface area (Å²) in [5.74, 6) is -1.37. The summed E-state index contributed by atoms with van der Waals surface area (Å²) < 4.78 is 5.18. The molecule has 0 spiro atoms. The van der Waals surface area contributed by atoms with Crippen molar-refractivity contribution in [2.24, 2.45) is 0 Å². The molecule has 0 saturated carbocycles. The minimum absolute atomic E-state index is 0.228. The average molecular weight is 305 g/mol. The van der Waals surface area contributed by atoms with Gasteiger partial charge in [-0.05, 0) is 37.0 Å². The van der Waals surface area contributed by atoms with E-state index in [1.807, 2.05) is 19.9 Å². The van der Waals surface area contributed by atoms with Crippen molar-refractivity contribution in [3.63, 3.8) is 0 Å². The molecule has 5 nitrogen and oxygen atoms in total. The van der Waals surface area contributed by atoms with Crippen molar-refractivity contribution in [1.82, 2.24) is 5.32 Å². The Hall–Kier alpha value is -2.14. The Morgan fingerprint density at radius 1 is 1.36 bits per heavy atom. The van der Waals surface area contributed by atoms with Crippen LogP contribution >= 0.6 is 0 Å². The Labute approximate surface area is 131 Å². The fraction of sp³-hybridized carbons (Fsp3) is 0.412. The number of carbonyl (C=O) groups is 2. The van der Waals surface area contributed by atoms with Gasteiger partial charge < -0.3 is 15.2 Å². The molecule has 0 aliphatic carbocycles. The highest BCUT2D eigenvalue weighted by molar-refractivity contribution is 5.84. The second kappa shape index (κ2) is 9.00. The number of carboxylic acids is 1. The molecule has 0 heterocycles. The topological polar surface area (TPSA) is 75.6 Å². The van der Waals surface area contributed by atoms with Gasteiger partial charge in [0.05, 0.1) is 6.61 Å². The molecular formula is C17H23NO4. The molecule has 1 amide bonds. The van der Waals surface area contributed by atoms with E-state index in [0.717, 1.165) is 11.1 Å². The van der Waals surface area contributed by atoms with Crippen LogP contribution in [-0.4, -0.2) is 30.2 Å². The van der Waals surface area contributed by atoms with Gasteiger partial charge in [0.1, 0.15) is 0 Å². The van der Waals surface area contributed by atoms with Crippen LogP contribution in [0.2, 0.25) is 0 Å². The smallest absolute Gasteiger partial charge is 0.330 e. The van der Waals surface area contributed by atoms with E-state index in [2.05, 4.69) is 11.9 Å². The van der Waals surface area contributed by atoms with Gasteiger partial charge in [-0.15, -0.1) is 6.58 Å². The van der Waals surface area contributed by atoms with Crippen molar-refractivity contribution in [3.8, 4) is 0 Å². The minimum atomic E-state index is -1.07. The van der Waals surface area contributed by atoms with Crippen LogP contribution in [0.1, 0.15) is 35.6 Å². The normalized spacial score (nSPS) is 11.7. The molecule has 120 valence electrons. The molecule has 1 unspecified atom stereocenters. The lowest BCUT2D eigenvalue weighted by Gasteiger charge is -2.16. The first-order valence-electron chi connectivity index (χ1n) is 7.23. The average Bonchev–Trinajstić information content (AvgIpc) is 2.47. The van der Waals surface area contributed by atoms with Gasteiger partial charge in [-0.1, -0.05) is 24.3 Å². The molecule has 1 aromatic carbocycles. The lowest BCUT2D eigenvalue weighted by molar-refractivity contribution is -0.142. The van der Waals surface area contributed by atoms with Crippen molar-refractivity contribution in [1.29, 1.82) is 0 Å². The molecule has 22 heavy (non-hydrogen) atoms. The lowest BCUT2D eigenvalue weighted by Crippen LogP contribution is -2.33. The summed E-state index contributed by atoms with van der Waals surface area (Å²) in [7, 11) is 0. The van der Waals surface area contributed by atoms with Gasteiger partial charge in [-0.25, -0.2) is 4.79 Å². The van der Waals surface area contributed by atoms with Gasteiger partial charge >= 0.3 is 5.97 Å². The third-order valence-electron chi connectivity index (χ3n) is 3.34. The Bertz CT molecular complexity index is 539. The zero-order chi connectivity index (χ0) is 16.5. The van der Waals surface area contributed by atoms with Crippen molar-refractivity contribution >= 4 is 11.9 Å². The number of nitrogens with one attached hydrogen (secondary N) is 1. The summed E-state index contributed by atoms with van der Waals surface area (Å²) in [4.78, 5) is 23.3. The maximum atomic E-state index is 11.9. The first-order valence-corrected chi connectivity index (χ1v) is 7.23. The minimum Gasteiger partial charge on any atom is -0.479 e. The summed E-state index contributed by atoms with van der Waals surface area (Å²) in [6, 6.07) is 4.35. The predicted octanol–water partition coefficient (Wildman–Crippen LogP) is 2.53. The van der Waals surface area contributed by atoms with Crippen LogP contribution in [0.25, 0.3) is 0 Å². The zero-order valence-electron chi connectivity index (χ0n) is 13.1. The van der Waals surface area contributed by atoms with Crippen LogP contribution < -0.4 is 5.32 Å². The Balaban J connectivity index is 2.60. The molecule has 0 radical (unpaired) electrons. The summed E-state index contributed by atoms with van der Waals surface area (Å²) in [5, 5.41) is 11.9. The maximum Gasteiger partial charge on any atom is 0.330 e. The summed E-state index contributed by atoms with van der Waals surface area (Å²) in [6.45, 7) is 8.29. The van der Waals surface area contributed by atoms with Gasteiger partial charge in [-0.3, -0.25) is 4.79 Å². The van der Waals surface area contributed by atoms with E-state index in [9.17, 15) is 14.7 Å². The van der Waals surface area contributed by atoms with Gasteiger partial charge in [0, 0.05) is 13.0 Å². The van der Waals surface area contributed by atoms with Crippen molar-refractivity contribution in [2.75, 3.05) is 13.2 Å². The molecule has 0 saturated heterocycles.